The molecule has 30 heavy (non-hydrogen) atoms. The molecule has 10 heteroatoms. The number of piperidine rings is 1. The number of halogens is 1. The fourth-order valence-corrected chi connectivity index (χ4v) is 7.28. The fraction of sp³-hybridized carbons (Fsp3) is 0.300. The van der Waals surface area contributed by atoms with Crippen molar-refractivity contribution < 1.29 is 13.2 Å². The molecule has 6 nitrogen and oxygen atoms in total. The molecule has 1 saturated heterocycles. The Bertz CT molecular complexity index is 1120. The molecule has 0 atom stereocenters. The second-order valence-corrected chi connectivity index (χ2v) is 11.7. The van der Waals surface area contributed by atoms with E-state index < -0.39 is 10.0 Å². The van der Waals surface area contributed by atoms with E-state index in [4.69, 9.17) is 11.6 Å². The lowest BCUT2D eigenvalue weighted by Crippen LogP contribution is -2.42. The zero-order valence-corrected chi connectivity index (χ0v) is 19.2. The second-order valence-electron chi connectivity index (χ2n) is 6.96. The van der Waals surface area contributed by atoms with E-state index >= 15 is 0 Å². The van der Waals surface area contributed by atoms with Crippen molar-refractivity contribution in [1.82, 2.24) is 14.6 Å². The van der Waals surface area contributed by atoms with E-state index in [1.54, 1.807) is 17.4 Å². The van der Waals surface area contributed by atoms with Crippen LogP contribution >= 0.6 is 34.3 Å². The monoisotopic (exact) mass is 481 g/mol. The maximum atomic E-state index is 12.7. The van der Waals surface area contributed by atoms with Gasteiger partial charge < -0.3 is 5.32 Å². The van der Waals surface area contributed by atoms with Gasteiger partial charge in [0.25, 0.3) is 10.0 Å². The van der Waals surface area contributed by atoms with E-state index in [-0.39, 0.29) is 16.0 Å². The molecule has 158 valence electrons. The highest BCUT2D eigenvalue weighted by Gasteiger charge is 2.32. The largest absolute Gasteiger partial charge is 0.350 e. The third-order valence-corrected chi connectivity index (χ3v) is 9.52. The van der Waals surface area contributed by atoms with Gasteiger partial charge in [0.1, 0.15) is 9.22 Å². The molecule has 0 unspecified atom stereocenters. The molecule has 1 aliphatic heterocycles. The van der Waals surface area contributed by atoms with Crippen LogP contribution in [0.15, 0.2) is 52.1 Å². The highest BCUT2D eigenvalue weighted by molar-refractivity contribution is 7.91. The fourth-order valence-electron chi connectivity index (χ4n) is 3.35. The second kappa shape index (κ2) is 9.15. The number of benzene rings is 1. The first-order chi connectivity index (χ1) is 14.4. The summed E-state index contributed by atoms with van der Waals surface area (Å²) in [6.45, 7) is 1.02. The molecule has 0 radical (unpaired) electrons. The minimum atomic E-state index is -3.54. The van der Waals surface area contributed by atoms with Crippen LogP contribution in [-0.2, 0) is 21.4 Å². The molecule has 4 rings (SSSR count). The van der Waals surface area contributed by atoms with Gasteiger partial charge in [0.15, 0.2) is 0 Å². The number of nitrogens with zero attached hydrogens (tertiary/aromatic N) is 2. The van der Waals surface area contributed by atoms with Crippen LogP contribution in [0.5, 0.6) is 0 Å². The van der Waals surface area contributed by atoms with Crippen molar-refractivity contribution >= 4 is 50.2 Å². The molecule has 1 fully saturated rings. The van der Waals surface area contributed by atoms with Gasteiger partial charge in [-0.2, -0.15) is 4.31 Å². The average Bonchev–Trinajstić information content (AvgIpc) is 3.42. The van der Waals surface area contributed by atoms with Gasteiger partial charge in [-0.3, -0.25) is 4.79 Å². The highest BCUT2D eigenvalue weighted by Crippen LogP contribution is 2.30. The number of nitrogens with one attached hydrogen (secondary N) is 1. The van der Waals surface area contributed by atoms with Crippen LogP contribution in [0, 0.1) is 5.92 Å². The number of rotatable bonds is 6. The van der Waals surface area contributed by atoms with Gasteiger partial charge in [-0.1, -0.05) is 41.9 Å². The number of aromatic nitrogens is 1. The average molecular weight is 482 g/mol. The van der Waals surface area contributed by atoms with Gasteiger partial charge >= 0.3 is 0 Å². The summed E-state index contributed by atoms with van der Waals surface area (Å²) in [7, 11) is -3.54. The van der Waals surface area contributed by atoms with Crippen molar-refractivity contribution in [3.05, 3.63) is 57.9 Å². The van der Waals surface area contributed by atoms with Crippen LogP contribution in [0.4, 0.5) is 0 Å². The van der Waals surface area contributed by atoms with Gasteiger partial charge in [-0.15, -0.1) is 22.7 Å². The number of hydrogen-bond donors (Lipinski definition) is 1. The van der Waals surface area contributed by atoms with Crippen molar-refractivity contribution in [2.24, 2.45) is 5.92 Å². The minimum Gasteiger partial charge on any atom is -0.350 e. The first kappa shape index (κ1) is 21.5. The summed E-state index contributed by atoms with van der Waals surface area (Å²) in [5, 5.41) is 5.82. The molecule has 1 N–H and O–H groups in total. The molecule has 0 spiro atoms. The van der Waals surface area contributed by atoms with Crippen molar-refractivity contribution in [3.63, 3.8) is 0 Å². The van der Waals surface area contributed by atoms with Gasteiger partial charge in [0.05, 0.1) is 16.6 Å². The summed E-state index contributed by atoms with van der Waals surface area (Å²) >= 11 is 8.47. The maximum absolute atomic E-state index is 12.7. The predicted molar refractivity (Wildman–Crippen MR) is 120 cm³/mol. The molecule has 3 aromatic rings. The minimum absolute atomic E-state index is 0.0551. The van der Waals surface area contributed by atoms with Gasteiger partial charge in [-0.05, 0) is 25.0 Å². The SMILES string of the molecule is O=C(NCc1csc(-c2ccccc2)n1)C1CCN(S(=O)(=O)c2ccc(Cl)s2)CC1. The van der Waals surface area contributed by atoms with E-state index in [1.165, 1.54) is 10.4 Å². The van der Waals surface area contributed by atoms with Crippen LogP contribution in [0.1, 0.15) is 18.5 Å². The Balaban J connectivity index is 1.29. The summed E-state index contributed by atoms with van der Waals surface area (Å²) in [6.07, 6.45) is 0.993. The normalized spacial score (nSPS) is 15.9. The first-order valence-corrected chi connectivity index (χ1v) is 13.0. The van der Waals surface area contributed by atoms with Gasteiger partial charge in [-0.25, -0.2) is 13.4 Å². The van der Waals surface area contributed by atoms with E-state index in [2.05, 4.69) is 10.3 Å². The molecule has 2 aromatic heterocycles. The maximum Gasteiger partial charge on any atom is 0.252 e. The van der Waals surface area contributed by atoms with E-state index in [0.29, 0.717) is 36.8 Å². The van der Waals surface area contributed by atoms with Crippen LogP contribution in [-0.4, -0.2) is 36.7 Å². The number of amides is 1. The number of carbonyl (C=O) groups excluding carboxylic acids is 1. The third kappa shape index (κ3) is 4.76. The lowest BCUT2D eigenvalue weighted by Gasteiger charge is -2.30. The molecule has 1 aliphatic rings. The first-order valence-electron chi connectivity index (χ1n) is 9.46. The van der Waals surface area contributed by atoms with Crippen molar-refractivity contribution in [2.45, 2.75) is 23.6 Å². The molecule has 0 saturated carbocycles. The number of thiophene rings is 1. The number of hydrogen-bond acceptors (Lipinski definition) is 6. The summed E-state index contributed by atoms with van der Waals surface area (Å²) in [5.74, 6) is -0.254. The van der Waals surface area contributed by atoms with Crippen LogP contribution in [0.25, 0.3) is 10.6 Å². The number of carbonyl (C=O) groups is 1. The Kier molecular flexibility index (Phi) is 6.54. The molecule has 1 aromatic carbocycles. The van der Waals surface area contributed by atoms with E-state index in [1.807, 2.05) is 35.7 Å². The highest BCUT2D eigenvalue weighted by atomic mass is 35.5. The van der Waals surface area contributed by atoms with Crippen LogP contribution in [0.3, 0.4) is 0 Å². The van der Waals surface area contributed by atoms with Crippen molar-refractivity contribution in [2.75, 3.05) is 13.1 Å². The molecular weight excluding hydrogens is 462 g/mol. The topological polar surface area (TPSA) is 79.4 Å². The molecular formula is C20H20ClN3O3S3. The number of thiazole rings is 1. The Morgan fingerprint density at radius 1 is 1.17 bits per heavy atom. The zero-order valence-electron chi connectivity index (χ0n) is 16.0. The molecule has 1 amide bonds. The van der Waals surface area contributed by atoms with E-state index in [0.717, 1.165) is 27.6 Å². The quantitative estimate of drug-likeness (QED) is 0.571. The molecule has 0 bridgehead atoms. The number of sulfonamides is 1. The van der Waals surface area contributed by atoms with Gasteiger partial charge in [0, 0.05) is 30.0 Å². The standard InChI is InChI=1S/C20H20ClN3O3S3/c21-17-6-7-18(29-17)30(26,27)24-10-8-14(9-11-24)19(25)22-12-16-13-28-20(23-16)15-4-2-1-3-5-15/h1-7,13-14H,8-12H2,(H,22,25). The van der Waals surface area contributed by atoms with Crippen molar-refractivity contribution in [3.8, 4) is 10.6 Å². The molecule has 3 heterocycles. The third-order valence-electron chi connectivity index (χ3n) is 4.98. The molecule has 0 aliphatic carbocycles. The Morgan fingerprint density at radius 3 is 2.57 bits per heavy atom. The van der Waals surface area contributed by atoms with Crippen LogP contribution < -0.4 is 5.32 Å². The Hall–Kier alpha value is -1.78. The predicted octanol–water partition coefficient (Wildman–Crippen LogP) is 4.24. The summed E-state index contributed by atoms with van der Waals surface area (Å²) in [5.41, 5.74) is 1.88. The lowest BCUT2D eigenvalue weighted by atomic mass is 9.97. The summed E-state index contributed by atoms with van der Waals surface area (Å²) in [4.78, 5) is 17.1. The Labute approximate surface area is 188 Å². The van der Waals surface area contributed by atoms with Crippen molar-refractivity contribution in [1.29, 1.82) is 0 Å². The Morgan fingerprint density at radius 2 is 1.90 bits per heavy atom. The zero-order chi connectivity index (χ0) is 21.1. The smallest absolute Gasteiger partial charge is 0.252 e. The van der Waals surface area contributed by atoms with Gasteiger partial charge in [0.2, 0.25) is 5.91 Å². The summed E-state index contributed by atoms with van der Waals surface area (Å²) < 4.78 is 27.5. The van der Waals surface area contributed by atoms with Crippen LogP contribution in [0.2, 0.25) is 4.34 Å². The summed E-state index contributed by atoms with van der Waals surface area (Å²) in [6, 6.07) is 13.0. The van der Waals surface area contributed by atoms with E-state index in [9.17, 15) is 13.2 Å². The lowest BCUT2D eigenvalue weighted by molar-refractivity contribution is -0.126.